The van der Waals surface area contributed by atoms with Crippen LogP contribution in [-0.4, -0.2) is 30.0 Å². The van der Waals surface area contributed by atoms with Crippen LogP contribution in [0.25, 0.3) is 6.08 Å². The van der Waals surface area contributed by atoms with Crippen molar-refractivity contribution in [2.45, 2.75) is 38.9 Å². The first-order valence-corrected chi connectivity index (χ1v) is 6.88. The van der Waals surface area contributed by atoms with Crippen molar-refractivity contribution in [2.75, 3.05) is 12.3 Å². The quantitative estimate of drug-likeness (QED) is 0.663. The normalized spacial score (nSPS) is 20.9. The number of hydrogen-bond donors (Lipinski definition) is 2. The Morgan fingerprint density at radius 1 is 1.29 bits per heavy atom. The zero-order valence-electron chi connectivity index (χ0n) is 12.8. The zero-order valence-corrected chi connectivity index (χ0v) is 12.8. The Balaban J connectivity index is 2.33. The van der Waals surface area contributed by atoms with Crippen molar-refractivity contribution < 1.29 is 18.8 Å². The zero-order chi connectivity index (χ0) is 15.8. The lowest BCUT2D eigenvalue weighted by Crippen LogP contribution is -2.41. The number of rotatable bonds is 3. The van der Waals surface area contributed by atoms with E-state index in [9.17, 15) is 9.50 Å². The number of hydrogen-bond acceptors (Lipinski definition) is 4. The molecular weight excluding hydrogens is 272 g/mol. The predicted octanol–water partition coefficient (Wildman–Crippen LogP) is 2.42. The number of aliphatic hydroxyl groups excluding tert-OH is 1. The molecule has 1 aliphatic rings. The fourth-order valence-corrected chi connectivity index (χ4v) is 2.06. The van der Waals surface area contributed by atoms with E-state index >= 15 is 0 Å². The summed E-state index contributed by atoms with van der Waals surface area (Å²) in [6, 6.07) is 4.29. The van der Waals surface area contributed by atoms with Crippen molar-refractivity contribution in [1.29, 1.82) is 0 Å². The van der Waals surface area contributed by atoms with Crippen LogP contribution < -0.4 is 5.73 Å². The van der Waals surface area contributed by atoms with Crippen molar-refractivity contribution in [1.82, 2.24) is 0 Å². The Bertz CT molecular complexity index is 556. The SMILES string of the molecule is CC1(C)OB(C(=Cc2cc(N)ccc2F)CO)OC1(C)C. The second kappa shape index (κ2) is 5.44. The molecule has 0 aliphatic carbocycles. The van der Waals surface area contributed by atoms with Gasteiger partial charge in [-0.3, -0.25) is 0 Å². The minimum atomic E-state index is -0.708. The molecule has 0 unspecified atom stereocenters. The molecule has 1 aromatic carbocycles. The summed E-state index contributed by atoms with van der Waals surface area (Å²) in [4.78, 5) is 0. The van der Waals surface area contributed by atoms with Gasteiger partial charge in [-0.25, -0.2) is 4.39 Å². The van der Waals surface area contributed by atoms with Gasteiger partial charge in [0.15, 0.2) is 0 Å². The van der Waals surface area contributed by atoms with Gasteiger partial charge in [-0.15, -0.1) is 0 Å². The average Bonchev–Trinajstić information content (AvgIpc) is 2.59. The first-order valence-electron chi connectivity index (χ1n) is 6.88. The third-order valence-electron chi connectivity index (χ3n) is 4.10. The molecule has 6 heteroatoms. The van der Waals surface area contributed by atoms with Crippen molar-refractivity contribution in [3.63, 3.8) is 0 Å². The van der Waals surface area contributed by atoms with Crippen LogP contribution in [0.3, 0.4) is 0 Å². The summed E-state index contributed by atoms with van der Waals surface area (Å²) in [6.07, 6.45) is 1.52. The predicted molar refractivity (Wildman–Crippen MR) is 82.0 cm³/mol. The van der Waals surface area contributed by atoms with Gasteiger partial charge < -0.3 is 20.1 Å². The molecule has 0 saturated carbocycles. The summed E-state index contributed by atoms with van der Waals surface area (Å²) in [5.41, 5.74) is 5.85. The summed E-state index contributed by atoms with van der Waals surface area (Å²) in [7, 11) is -0.708. The smallest absolute Gasteiger partial charge is 0.400 e. The average molecular weight is 293 g/mol. The summed E-state index contributed by atoms with van der Waals surface area (Å²) in [5, 5.41) is 9.57. The summed E-state index contributed by atoms with van der Waals surface area (Å²) in [6.45, 7) is 7.39. The van der Waals surface area contributed by atoms with Gasteiger partial charge in [-0.05, 0) is 51.4 Å². The van der Waals surface area contributed by atoms with Gasteiger partial charge in [0, 0.05) is 11.3 Å². The molecule has 0 bridgehead atoms. The van der Waals surface area contributed by atoms with E-state index in [0.29, 0.717) is 16.7 Å². The van der Waals surface area contributed by atoms with Crippen LogP contribution in [0.4, 0.5) is 10.1 Å². The standard InChI is InChI=1S/C15H21BFNO3/c1-14(2)15(3,4)21-16(20-14)11(9-19)7-10-8-12(18)5-6-13(10)17/h5-8,19H,9,18H2,1-4H3. The molecule has 2 rings (SSSR count). The second-order valence-corrected chi connectivity index (χ2v) is 6.25. The van der Waals surface area contributed by atoms with Crippen molar-refractivity contribution in [3.05, 3.63) is 35.1 Å². The van der Waals surface area contributed by atoms with E-state index in [0.717, 1.165) is 0 Å². The topological polar surface area (TPSA) is 64.7 Å². The van der Waals surface area contributed by atoms with Crippen LogP contribution in [0.1, 0.15) is 33.3 Å². The molecule has 21 heavy (non-hydrogen) atoms. The van der Waals surface area contributed by atoms with E-state index in [1.165, 1.54) is 24.3 Å². The molecule has 1 aliphatic heterocycles. The minimum Gasteiger partial charge on any atom is -0.400 e. The van der Waals surface area contributed by atoms with E-state index in [2.05, 4.69) is 0 Å². The molecule has 1 fully saturated rings. The highest BCUT2D eigenvalue weighted by molar-refractivity contribution is 6.55. The van der Waals surface area contributed by atoms with Crippen LogP contribution in [0.15, 0.2) is 23.7 Å². The van der Waals surface area contributed by atoms with E-state index in [1.807, 2.05) is 27.7 Å². The van der Waals surface area contributed by atoms with Gasteiger partial charge in [-0.2, -0.15) is 0 Å². The first kappa shape index (κ1) is 16.0. The molecule has 0 atom stereocenters. The Morgan fingerprint density at radius 2 is 1.86 bits per heavy atom. The van der Waals surface area contributed by atoms with Gasteiger partial charge in [0.1, 0.15) is 5.82 Å². The third kappa shape index (κ3) is 3.12. The first-order chi connectivity index (χ1) is 9.66. The van der Waals surface area contributed by atoms with Gasteiger partial charge >= 0.3 is 7.12 Å². The van der Waals surface area contributed by atoms with Gasteiger partial charge in [0.2, 0.25) is 0 Å². The minimum absolute atomic E-state index is 0.287. The Morgan fingerprint density at radius 3 is 2.38 bits per heavy atom. The van der Waals surface area contributed by atoms with Crippen LogP contribution in [-0.2, 0) is 9.31 Å². The summed E-state index contributed by atoms with van der Waals surface area (Å²) < 4.78 is 25.5. The Labute approximate surface area is 124 Å². The van der Waals surface area contributed by atoms with E-state index in [1.54, 1.807) is 0 Å². The monoisotopic (exact) mass is 293 g/mol. The van der Waals surface area contributed by atoms with Gasteiger partial charge in [0.05, 0.1) is 17.8 Å². The molecular formula is C15H21BFNO3. The van der Waals surface area contributed by atoms with Crippen molar-refractivity contribution >= 4 is 18.9 Å². The number of halogens is 1. The lowest BCUT2D eigenvalue weighted by molar-refractivity contribution is 0.00578. The molecule has 1 heterocycles. The molecule has 4 nitrogen and oxygen atoms in total. The number of nitrogens with two attached hydrogens (primary N) is 1. The largest absolute Gasteiger partial charge is 0.492 e. The molecule has 0 radical (unpaired) electrons. The van der Waals surface area contributed by atoms with Crippen molar-refractivity contribution in [2.24, 2.45) is 0 Å². The van der Waals surface area contributed by atoms with E-state index in [4.69, 9.17) is 15.0 Å². The fourth-order valence-electron chi connectivity index (χ4n) is 2.06. The molecule has 3 N–H and O–H groups in total. The molecule has 1 saturated heterocycles. The maximum Gasteiger partial charge on any atom is 0.492 e. The molecule has 0 amide bonds. The fraction of sp³-hybridized carbons (Fsp3) is 0.467. The summed E-state index contributed by atoms with van der Waals surface area (Å²) in [5.74, 6) is -0.410. The van der Waals surface area contributed by atoms with Gasteiger partial charge in [0.25, 0.3) is 0 Å². The third-order valence-corrected chi connectivity index (χ3v) is 4.10. The second-order valence-electron chi connectivity index (χ2n) is 6.25. The van der Waals surface area contributed by atoms with Crippen LogP contribution in [0, 0.1) is 5.82 Å². The highest BCUT2D eigenvalue weighted by Crippen LogP contribution is 2.38. The number of benzene rings is 1. The maximum atomic E-state index is 13.8. The molecule has 114 valence electrons. The van der Waals surface area contributed by atoms with Crippen LogP contribution in [0.5, 0.6) is 0 Å². The van der Waals surface area contributed by atoms with E-state index in [-0.39, 0.29) is 6.61 Å². The maximum absolute atomic E-state index is 13.8. The number of aliphatic hydroxyl groups is 1. The molecule has 0 aromatic heterocycles. The highest BCUT2D eigenvalue weighted by atomic mass is 19.1. The van der Waals surface area contributed by atoms with E-state index < -0.39 is 24.1 Å². The van der Waals surface area contributed by atoms with Gasteiger partial charge in [-0.1, -0.05) is 6.08 Å². The molecule has 0 spiro atoms. The molecule has 1 aromatic rings. The summed E-state index contributed by atoms with van der Waals surface area (Å²) >= 11 is 0. The number of anilines is 1. The van der Waals surface area contributed by atoms with Crippen LogP contribution >= 0.6 is 0 Å². The lowest BCUT2D eigenvalue weighted by Gasteiger charge is -2.32. The number of nitrogen functional groups attached to an aromatic ring is 1. The highest BCUT2D eigenvalue weighted by Gasteiger charge is 2.52. The lowest BCUT2D eigenvalue weighted by atomic mass is 9.77. The van der Waals surface area contributed by atoms with Crippen molar-refractivity contribution in [3.8, 4) is 0 Å². The van der Waals surface area contributed by atoms with Crippen LogP contribution in [0.2, 0.25) is 0 Å². The Hall–Kier alpha value is -1.37. The Kier molecular flexibility index (Phi) is 4.15.